The highest BCUT2D eigenvalue weighted by molar-refractivity contribution is 5.74. The van der Waals surface area contributed by atoms with Gasteiger partial charge in [-0.25, -0.2) is 0 Å². The molecule has 3 heteroatoms. The molecule has 0 radical (unpaired) electrons. The highest BCUT2D eigenvalue weighted by atomic mass is 16.4. The summed E-state index contributed by atoms with van der Waals surface area (Å²) in [5, 5.41) is 11.5. The van der Waals surface area contributed by atoms with Crippen LogP contribution in [0, 0.1) is 5.92 Å². The molecule has 3 nitrogen and oxygen atoms in total. The lowest BCUT2D eigenvalue weighted by molar-refractivity contribution is -0.309. The van der Waals surface area contributed by atoms with E-state index in [-0.39, 0.29) is 12.0 Å². The summed E-state index contributed by atoms with van der Waals surface area (Å²) in [6.45, 7) is 10.1. The summed E-state index contributed by atoms with van der Waals surface area (Å²) < 4.78 is 0. The minimum absolute atomic E-state index is 0.00676. The van der Waals surface area contributed by atoms with E-state index in [4.69, 9.17) is 0 Å². The number of carbonyl (C=O) groups excluding carboxylic acids is 1. The van der Waals surface area contributed by atoms with Crippen molar-refractivity contribution in [3.05, 3.63) is 35.9 Å². The fourth-order valence-electron chi connectivity index (χ4n) is 2.73. The van der Waals surface area contributed by atoms with Gasteiger partial charge in [0, 0.05) is 17.9 Å². The predicted molar refractivity (Wildman–Crippen MR) is 75.7 cm³/mol. The molecule has 0 heterocycles. The van der Waals surface area contributed by atoms with E-state index in [9.17, 15) is 9.90 Å². The maximum absolute atomic E-state index is 11.5. The molecule has 106 valence electrons. The van der Waals surface area contributed by atoms with Gasteiger partial charge in [-0.2, -0.15) is 0 Å². The molecule has 0 saturated heterocycles. The van der Waals surface area contributed by atoms with Crippen LogP contribution < -0.4 is 5.11 Å². The van der Waals surface area contributed by atoms with E-state index in [2.05, 4.69) is 25.7 Å². The fourth-order valence-corrected chi connectivity index (χ4v) is 2.73. The molecule has 0 bridgehead atoms. The molecular formula is C16H24NO2-. The van der Waals surface area contributed by atoms with Gasteiger partial charge in [-0.1, -0.05) is 51.1 Å². The molecule has 0 aromatic heterocycles. The van der Waals surface area contributed by atoms with Crippen molar-refractivity contribution in [1.82, 2.24) is 4.90 Å². The number of nitrogens with zero attached hydrogens (tertiary/aromatic N) is 1. The van der Waals surface area contributed by atoms with Crippen LogP contribution in [0.25, 0.3) is 0 Å². The van der Waals surface area contributed by atoms with E-state index in [1.807, 2.05) is 37.3 Å². The Kier molecular flexibility index (Phi) is 6.03. The van der Waals surface area contributed by atoms with E-state index in [1.165, 1.54) is 0 Å². The molecule has 0 saturated carbocycles. The molecule has 1 rings (SSSR count). The quantitative estimate of drug-likeness (QED) is 0.753. The summed E-state index contributed by atoms with van der Waals surface area (Å²) in [7, 11) is 0. The Hall–Kier alpha value is -1.35. The molecule has 3 unspecified atom stereocenters. The van der Waals surface area contributed by atoms with E-state index < -0.39 is 11.9 Å². The van der Waals surface area contributed by atoms with Gasteiger partial charge in [0.25, 0.3) is 0 Å². The standard InChI is InChI=1S/C16H25NO2/c1-5-17(6-2)13(4)12(3)15(16(18)19)14-10-8-7-9-11-14/h7-13,15H,5-6H2,1-4H3,(H,18,19)/p-1. The second kappa shape index (κ2) is 7.29. The summed E-state index contributed by atoms with van der Waals surface area (Å²) >= 11 is 0. The number of aliphatic carboxylic acids is 1. The Balaban J connectivity index is 2.97. The molecular weight excluding hydrogens is 238 g/mol. The topological polar surface area (TPSA) is 43.4 Å². The zero-order valence-corrected chi connectivity index (χ0v) is 12.3. The summed E-state index contributed by atoms with van der Waals surface area (Å²) in [4.78, 5) is 13.8. The highest BCUT2D eigenvalue weighted by Crippen LogP contribution is 2.28. The zero-order valence-electron chi connectivity index (χ0n) is 12.3. The monoisotopic (exact) mass is 262 g/mol. The van der Waals surface area contributed by atoms with Crippen LogP contribution in [0.4, 0.5) is 0 Å². The number of carbonyl (C=O) groups is 1. The van der Waals surface area contributed by atoms with Crippen molar-refractivity contribution < 1.29 is 9.90 Å². The van der Waals surface area contributed by atoms with Crippen LogP contribution in [0.5, 0.6) is 0 Å². The molecule has 0 aliphatic rings. The van der Waals surface area contributed by atoms with E-state index in [0.717, 1.165) is 18.7 Å². The lowest BCUT2D eigenvalue weighted by Gasteiger charge is -2.36. The van der Waals surface area contributed by atoms with Gasteiger partial charge in [0.1, 0.15) is 0 Å². The summed E-state index contributed by atoms with van der Waals surface area (Å²) in [6, 6.07) is 9.59. The van der Waals surface area contributed by atoms with Crippen LogP contribution in [0.3, 0.4) is 0 Å². The summed E-state index contributed by atoms with van der Waals surface area (Å²) in [5.74, 6) is -1.54. The first-order chi connectivity index (χ1) is 9.02. The molecule has 3 atom stereocenters. The second-order valence-electron chi connectivity index (χ2n) is 5.03. The van der Waals surface area contributed by atoms with Gasteiger partial charge in [-0.15, -0.1) is 0 Å². The van der Waals surface area contributed by atoms with Crippen LogP contribution >= 0.6 is 0 Å². The van der Waals surface area contributed by atoms with Crippen LogP contribution in [-0.2, 0) is 4.79 Å². The number of benzene rings is 1. The molecule has 19 heavy (non-hydrogen) atoms. The van der Waals surface area contributed by atoms with Crippen molar-refractivity contribution in [2.75, 3.05) is 13.1 Å². The van der Waals surface area contributed by atoms with Gasteiger partial charge in [0.2, 0.25) is 0 Å². The van der Waals surface area contributed by atoms with Gasteiger partial charge >= 0.3 is 0 Å². The van der Waals surface area contributed by atoms with Gasteiger partial charge < -0.3 is 14.8 Å². The lowest BCUT2D eigenvalue weighted by Crippen LogP contribution is -2.44. The second-order valence-corrected chi connectivity index (χ2v) is 5.03. The summed E-state index contributed by atoms with van der Waals surface area (Å²) in [6.07, 6.45) is 0. The molecule has 1 aromatic rings. The first-order valence-corrected chi connectivity index (χ1v) is 7.02. The third kappa shape index (κ3) is 3.80. The van der Waals surface area contributed by atoms with Crippen LogP contribution in [0.2, 0.25) is 0 Å². The third-order valence-electron chi connectivity index (χ3n) is 4.09. The Morgan fingerprint density at radius 1 is 1.16 bits per heavy atom. The molecule has 0 amide bonds. The van der Waals surface area contributed by atoms with Crippen LogP contribution in [0.1, 0.15) is 39.2 Å². The largest absolute Gasteiger partial charge is 0.549 e. The smallest absolute Gasteiger partial charge is 0.0492 e. The molecule has 0 N–H and O–H groups in total. The Morgan fingerprint density at radius 2 is 1.68 bits per heavy atom. The molecule has 0 fully saturated rings. The van der Waals surface area contributed by atoms with Crippen molar-refractivity contribution in [3.63, 3.8) is 0 Å². The SMILES string of the molecule is CCN(CC)C(C)C(C)C(C(=O)[O-])c1ccccc1. The molecule has 0 aliphatic carbocycles. The van der Waals surface area contributed by atoms with Crippen molar-refractivity contribution in [3.8, 4) is 0 Å². The Labute approximate surface area is 116 Å². The predicted octanol–water partition coefficient (Wildman–Crippen LogP) is 1.89. The van der Waals surface area contributed by atoms with Crippen LogP contribution in [-0.4, -0.2) is 30.0 Å². The van der Waals surface area contributed by atoms with Gasteiger partial charge in [0.05, 0.1) is 0 Å². The van der Waals surface area contributed by atoms with Crippen molar-refractivity contribution in [2.24, 2.45) is 5.92 Å². The van der Waals surface area contributed by atoms with Crippen molar-refractivity contribution >= 4 is 5.97 Å². The fraction of sp³-hybridized carbons (Fsp3) is 0.562. The van der Waals surface area contributed by atoms with Crippen LogP contribution in [0.15, 0.2) is 30.3 Å². The first-order valence-electron chi connectivity index (χ1n) is 7.02. The Bertz CT molecular complexity index is 387. The van der Waals surface area contributed by atoms with E-state index in [1.54, 1.807) is 0 Å². The van der Waals surface area contributed by atoms with Crippen molar-refractivity contribution in [2.45, 2.75) is 39.7 Å². The third-order valence-corrected chi connectivity index (χ3v) is 4.09. The molecule has 0 spiro atoms. The normalized spacial score (nSPS) is 16.1. The lowest BCUT2D eigenvalue weighted by atomic mass is 9.82. The first kappa shape index (κ1) is 15.7. The van der Waals surface area contributed by atoms with Crippen molar-refractivity contribution in [1.29, 1.82) is 0 Å². The number of hydrogen-bond acceptors (Lipinski definition) is 3. The Morgan fingerprint density at radius 3 is 2.11 bits per heavy atom. The zero-order chi connectivity index (χ0) is 14.4. The maximum atomic E-state index is 11.5. The maximum Gasteiger partial charge on any atom is 0.0492 e. The molecule has 1 aromatic carbocycles. The number of carboxylic acids is 1. The van der Waals surface area contributed by atoms with Gasteiger partial charge in [-0.3, -0.25) is 0 Å². The molecule has 0 aliphatic heterocycles. The van der Waals surface area contributed by atoms with Gasteiger partial charge in [0.15, 0.2) is 0 Å². The highest BCUT2D eigenvalue weighted by Gasteiger charge is 2.27. The minimum atomic E-state index is -0.988. The number of carboxylic acid groups (broad SMARTS) is 1. The minimum Gasteiger partial charge on any atom is -0.549 e. The van der Waals surface area contributed by atoms with E-state index >= 15 is 0 Å². The van der Waals surface area contributed by atoms with E-state index in [0.29, 0.717) is 0 Å². The average Bonchev–Trinajstić information content (AvgIpc) is 2.40. The summed E-state index contributed by atoms with van der Waals surface area (Å²) in [5.41, 5.74) is 0.828. The number of rotatable bonds is 7. The average molecular weight is 262 g/mol. The van der Waals surface area contributed by atoms with Gasteiger partial charge in [-0.05, 0) is 31.5 Å². The number of hydrogen-bond donors (Lipinski definition) is 0.